The zero-order valence-corrected chi connectivity index (χ0v) is 7.90. The summed E-state index contributed by atoms with van der Waals surface area (Å²) in [4.78, 5) is 14.5. The van der Waals surface area contributed by atoms with Crippen molar-refractivity contribution in [1.82, 2.24) is 15.0 Å². The highest BCUT2D eigenvalue weighted by molar-refractivity contribution is 5.78. The number of nitrogens with one attached hydrogen (secondary N) is 1. The molecule has 0 atom stereocenters. The molecule has 0 unspecified atom stereocenters. The van der Waals surface area contributed by atoms with Crippen LogP contribution in [0.15, 0.2) is 11.3 Å². The van der Waals surface area contributed by atoms with Crippen LogP contribution < -0.4 is 5.43 Å². The largest absolute Gasteiger partial charge is 0.331 e. The lowest BCUT2D eigenvalue weighted by molar-refractivity contribution is -0.118. The SMILES string of the molecule is CC(=O)N/N=C/c1ncc(C)n1C. The molecule has 0 aliphatic heterocycles. The van der Waals surface area contributed by atoms with Crippen LogP contribution in [0.5, 0.6) is 0 Å². The summed E-state index contributed by atoms with van der Waals surface area (Å²) in [6, 6.07) is 0. The molecule has 0 radical (unpaired) electrons. The van der Waals surface area contributed by atoms with Crippen molar-refractivity contribution in [3.05, 3.63) is 17.7 Å². The van der Waals surface area contributed by atoms with E-state index in [0.717, 1.165) is 5.69 Å². The van der Waals surface area contributed by atoms with Gasteiger partial charge >= 0.3 is 0 Å². The van der Waals surface area contributed by atoms with Gasteiger partial charge < -0.3 is 4.57 Å². The summed E-state index contributed by atoms with van der Waals surface area (Å²) in [6.07, 6.45) is 3.25. The maximum atomic E-state index is 10.5. The number of hydrogen-bond acceptors (Lipinski definition) is 3. The predicted octanol–water partition coefficient (Wildman–Crippen LogP) is 0.199. The second kappa shape index (κ2) is 3.84. The van der Waals surface area contributed by atoms with Gasteiger partial charge in [0.15, 0.2) is 5.82 Å². The normalized spacial score (nSPS) is 10.7. The van der Waals surface area contributed by atoms with Crippen LogP contribution in [-0.2, 0) is 11.8 Å². The highest BCUT2D eigenvalue weighted by atomic mass is 16.2. The molecule has 0 spiro atoms. The summed E-state index contributed by atoms with van der Waals surface area (Å²) in [5.74, 6) is 0.522. The van der Waals surface area contributed by atoms with Crippen LogP contribution in [0, 0.1) is 6.92 Å². The monoisotopic (exact) mass is 180 g/mol. The Morgan fingerprint density at radius 3 is 2.92 bits per heavy atom. The molecular formula is C8H12N4O. The number of aryl methyl sites for hydroxylation is 1. The molecule has 13 heavy (non-hydrogen) atoms. The van der Waals surface area contributed by atoms with E-state index in [9.17, 15) is 4.79 Å². The molecule has 1 amide bonds. The van der Waals surface area contributed by atoms with Gasteiger partial charge in [-0.2, -0.15) is 5.10 Å². The number of imidazole rings is 1. The lowest BCUT2D eigenvalue weighted by Crippen LogP contribution is -2.13. The number of rotatable bonds is 2. The van der Waals surface area contributed by atoms with Crippen molar-refractivity contribution in [3.8, 4) is 0 Å². The molecule has 1 aromatic rings. The third-order valence-electron chi connectivity index (χ3n) is 1.66. The van der Waals surface area contributed by atoms with Crippen LogP contribution >= 0.6 is 0 Å². The molecule has 5 nitrogen and oxygen atoms in total. The minimum atomic E-state index is -0.192. The molecule has 0 saturated heterocycles. The van der Waals surface area contributed by atoms with Gasteiger partial charge in [0.05, 0.1) is 6.21 Å². The van der Waals surface area contributed by atoms with Gasteiger partial charge in [0, 0.05) is 25.9 Å². The van der Waals surface area contributed by atoms with Gasteiger partial charge in [-0.3, -0.25) is 4.79 Å². The first-order chi connectivity index (χ1) is 6.11. The van der Waals surface area contributed by atoms with E-state index in [2.05, 4.69) is 15.5 Å². The Kier molecular flexibility index (Phi) is 2.79. The fourth-order valence-corrected chi connectivity index (χ4v) is 0.814. The van der Waals surface area contributed by atoms with Gasteiger partial charge in [0.2, 0.25) is 5.91 Å². The van der Waals surface area contributed by atoms with Crippen LogP contribution in [-0.4, -0.2) is 21.7 Å². The number of hydrogen-bond donors (Lipinski definition) is 1. The van der Waals surface area contributed by atoms with Crippen LogP contribution in [0.2, 0.25) is 0 Å². The zero-order chi connectivity index (χ0) is 9.84. The predicted molar refractivity (Wildman–Crippen MR) is 49.4 cm³/mol. The van der Waals surface area contributed by atoms with E-state index < -0.39 is 0 Å². The van der Waals surface area contributed by atoms with E-state index in [1.165, 1.54) is 13.1 Å². The molecule has 1 N–H and O–H groups in total. The first-order valence-electron chi connectivity index (χ1n) is 3.89. The summed E-state index contributed by atoms with van der Waals surface area (Å²) < 4.78 is 1.88. The number of hydrazone groups is 1. The summed E-state index contributed by atoms with van der Waals surface area (Å²) in [7, 11) is 1.89. The van der Waals surface area contributed by atoms with Crippen molar-refractivity contribution in [2.24, 2.45) is 12.1 Å². The molecule has 0 saturated carbocycles. The molecule has 0 aromatic carbocycles. The molecule has 70 valence electrons. The van der Waals surface area contributed by atoms with Crippen LogP contribution in [0.25, 0.3) is 0 Å². The Morgan fingerprint density at radius 2 is 2.46 bits per heavy atom. The van der Waals surface area contributed by atoms with Crippen molar-refractivity contribution in [2.75, 3.05) is 0 Å². The van der Waals surface area contributed by atoms with Crippen molar-refractivity contribution >= 4 is 12.1 Å². The van der Waals surface area contributed by atoms with E-state index in [0.29, 0.717) is 5.82 Å². The Hall–Kier alpha value is -1.65. The smallest absolute Gasteiger partial charge is 0.236 e. The fraction of sp³-hybridized carbons (Fsp3) is 0.375. The maximum Gasteiger partial charge on any atom is 0.236 e. The molecule has 1 rings (SSSR count). The quantitative estimate of drug-likeness (QED) is 0.522. The fourth-order valence-electron chi connectivity index (χ4n) is 0.814. The first-order valence-corrected chi connectivity index (χ1v) is 3.89. The van der Waals surface area contributed by atoms with E-state index in [1.54, 1.807) is 6.20 Å². The second-order valence-electron chi connectivity index (χ2n) is 2.74. The van der Waals surface area contributed by atoms with E-state index in [4.69, 9.17) is 0 Å². The van der Waals surface area contributed by atoms with E-state index in [1.807, 2.05) is 18.5 Å². The van der Waals surface area contributed by atoms with Crippen LogP contribution in [0.3, 0.4) is 0 Å². The van der Waals surface area contributed by atoms with Crippen molar-refractivity contribution in [3.63, 3.8) is 0 Å². The summed E-state index contributed by atoms with van der Waals surface area (Å²) in [5, 5.41) is 3.71. The van der Waals surface area contributed by atoms with E-state index in [-0.39, 0.29) is 5.91 Å². The van der Waals surface area contributed by atoms with Crippen molar-refractivity contribution < 1.29 is 4.79 Å². The summed E-state index contributed by atoms with van der Waals surface area (Å²) in [6.45, 7) is 3.35. The van der Waals surface area contributed by atoms with Gasteiger partial charge in [-0.05, 0) is 6.92 Å². The highest BCUT2D eigenvalue weighted by Crippen LogP contribution is 1.97. The number of amides is 1. The van der Waals surface area contributed by atoms with Crippen molar-refractivity contribution in [2.45, 2.75) is 13.8 Å². The maximum absolute atomic E-state index is 10.5. The lowest BCUT2D eigenvalue weighted by Gasteiger charge is -1.96. The Balaban J connectivity index is 2.69. The molecule has 0 aliphatic rings. The van der Waals surface area contributed by atoms with Gasteiger partial charge in [0.25, 0.3) is 0 Å². The number of aromatic nitrogens is 2. The molecule has 0 aliphatic carbocycles. The average molecular weight is 180 g/mol. The van der Waals surface area contributed by atoms with Gasteiger partial charge in [-0.25, -0.2) is 10.4 Å². The van der Waals surface area contributed by atoms with Crippen molar-refractivity contribution in [1.29, 1.82) is 0 Å². The Bertz CT molecular complexity index is 340. The van der Waals surface area contributed by atoms with Gasteiger partial charge in [-0.1, -0.05) is 0 Å². The molecule has 1 aromatic heterocycles. The minimum absolute atomic E-state index is 0.192. The number of nitrogens with zero attached hydrogens (tertiary/aromatic N) is 3. The Morgan fingerprint density at radius 1 is 1.77 bits per heavy atom. The molecule has 1 heterocycles. The zero-order valence-electron chi connectivity index (χ0n) is 7.90. The summed E-state index contributed by atoms with van der Waals surface area (Å²) >= 11 is 0. The standard InChI is InChI=1S/C8H12N4O/c1-6-4-9-8(12(6)3)5-10-11-7(2)13/h4-5H,1-3H3,(H,11,13)/b10-5+. The summed E-state index contributed by atoms with van der Waals surface area (Å²) in [5.41, 5.74) is 3.35. The molecule has 0 bridgehead atoms. The number of carbonyl (C=O) groups excluding carboxylic acids is 1. The molecular weight excluding hydrogens is 168 g/mol. The van der Waals surface area contributed by atoms with Crippen LogP contribution in [0.4, 0.5) is 0 Å². The average Bonchev–Trinajstić information content (AvgIpc) is 2.35. The van der Waals surface area contributed by atoms with Gasteiger partial charge in [0.1, 0.15) is 0 Å². The van der Waals surface area contributed by atoms with Gasteiger partial charge in [-0.15, -0.1) is 0 Å². The van der Waals surface area contributed by atoms with Crippen LogP contribution in [0.1, 0.15) is 18.4 Å². The molecule has 0 fully saturated rings. The third kappa shape index (κ3) is 2.40. The Labute approximate surface area is 76.5 Å². The number of carbonyl (C=O) groups is 1. The molecule has 5 heteroatoms. The highest BCUT2D eigenvalue weighted by Gasteiger charge is 1.98. The van der Waals surface area contributed by atoms with E-state index >= 15 is 0 Å². The third-order valence-corrected chi connectivity index (χ3v) is 1.66. The second-order valence-corrected chi connectivity index (χ2v) is 2.74. The first kappa shape index (κ1) is 9.44. The minimum Gasteiger partial charge on any atom is -0.331 e. The lowest BCUT2D eigenvalue weighted by atomic mass is 10.5. The topological polar surface area (TPSA) is 59.3 Å².